The first-order chi connectivity index (χ1) is 13.6. The van der Waals surface area contributed by atoms with Crippen LogP contribution in [0, 0.1) is 0 Å². The number of fused-ring (bicyclic) bond motifs is 1. The molecule has 138 valence electrons. The van der Waals surface area contributed by atoms with E-state index < -0.39 is 6.03 Å². The van der Waals surface area contributed by atoms with Crippen LogP contribution in [0.5, 0.6) is 0 Å². The second-order valence-electron chi connectivity index (χ2n) is 6.13. The van der Waals surface area contributed by atoms with Gasteiger partial charge in [-0.25, -0.2) is 4.79 Å². The van der Waals surface area contributed by atoms with Crippen LogP contribution in [0.3, 0.4) is 0 Å². The maximum atomic E-state index is 12.6. The van der Waals surface area contributed by atoms with Crippen molar-refractivity contribution in [2.75, 3.05) is 10.6 Å². The van der Waals surface area contributed by atoms with Gasteiger partial charge < -0.3 is 20.9 Å². The van der Waals surface area contributed by atoms with Gasteiger partial charge in [-0.15, -0.1) is 0 Å². The number of benzene rings is 3. The van der Waals surface area contributed by atoms with Gasteiger partial charge in [0.2, 0.25) is 0 Å². The molecular formula is C21H16N4O3. The molecule has 1 aromatic heterocycles. The number of carbonyl (C=O) groups is 2. The zero-order chi connectivity index (χ0) is 19.5. The van der Waals surface area contributed by atoms with Gasteiger partial charge in [0, 0.05) is 22.5 Å². The Kier molecular flexibility index (Phi) is 4.47. The first-order valence-corrected chi connectivity index (χ1v) is 8.53. The van der Waals surface area contributed by atoms with Gasteiger partial charge in [-0.1, -0.05) is 35.5 Å². The summed E-state index contributed by atoms with van der Waals surface area (Å²) in [6, 6.07) is 20.8. The summed E-state index contributed by atoms with van der Waals surface area (Å²) in [6.07, 6.45) is 0. The summed E-state index contributed by atoms with van der Waals surface area (Å²) < 4.78 is 5.47. The number of carbonyl (C=O) groups excluding carboxylic acids is 2. The van der Waals surface area contributed by atoms with Gasteiger partial charge in [-0.2, -0.15) is 0 Å². The average Bonchev–Trinajstić information content (AvgIpc) is 3.13. The van der Waals surface area contributed by atoms with Crippen molar-refractivity contribution in [3.63, 3.8) is 0 Å². The summed E-state index contributed by atoms with van der Waals surface area (Å²) in [5.74, 6) is 0.352. The predicted molar refractivity (Wildman–Crippen MR) is 107 cm³/mol. The number of rotatable bonds is 4. The number of nitrogens with two attached hydrogens (primary N) is 1. The molecule has 0 atom stereocenters. The highest BCUT2D eigenvalue weighted by atomic mass is 16.5. The molecule has 0 aliphatic heterocycles. The normalized spacial score (nSPS) is 10.6. The summed E-state index contributed by atoms with van der Waals surface area (Å²) in [5.41, 5.74) is 8.26. The molecule has 7 heteroatoms. The Morgan fingerprint density at radius 2 is 1.54 bits per heavy atom. The first-order valence-electron chi connectivity index (χ1n) is 8.53. The Morgan fingerprint density at radius 1 is 0.857 bits per heavy atom. The fourth-order valence-corrected chi connectivity index (χ4v) is 2.86. The van der Waals surface area contributed by atoms with Gasteiger partial charge >= 0.3 is 6.03 Å². The van der Waals surface area contributed by atoms with E-state index in [1.165, 1.54) is 0 Å². The first kappa shape index (κ1) is 17.3. The molecule has 4 rings (SSSR count). The summed E-state index contributed by atoms with van der Waals surface area (Å²) in [4.78, 5) is 23.5. The van der Waals surface area contributed by atoms with Crippen molar-refractivity contribution in [1.29, 1.82) is 0 Å². The fourth-order valence-electron chi connectivity index (χ4n) is 2.86. The summed E-state index contributed by atoms with van der Waals surface area (Å²) in [5, 5.41) is 10.1. The highest BCUT2D eigenvalue weighted by Gasteiger charge is 2.14. The lowest BCUT2D eigenvalue weighted by Crippen LogP contribution is -2.19. The number of aromatic nitrogens is 1. The van der Waals surface area contributed by atoms with Gasteiger partial charge in [-0.05, 0) is 42.5 Å². The minimum absolute atomic E-state index is 0.266. The number of anilines is 2. The number of nitrogens with one attached hydrogen (secondary N) is 2. The zero-order valence-corrected chi connectivity index (χ0v) is 14.7. The Labute approximate surface area is 160 Å². The van der Waals surface area contributed by atoms with Crippen molar-refractivity contribution >= 4 is 34.2 Å². The molecule has 0 aliphatic carbocycles. The van der Waals surface area contributed by atoms with Crippen molar-refractivity contribution in [3.05, 3.63) is 78.4 Å². The maximum Gasteiger partial charge on any atom is 0.316 e. The Hall–Kier alpha value is -4.13. The van der Waals surface area contributed by atoms with Crippen molar-refractivity contribution in [1.82, 2.24) is 5.16 Å². The van der Waals surface area contributed by atoms with E-state index in [4.69, 9.17) is 10.3 Å². The lowest BCUT2D eigenvalue weighted by molar-refractivity contribution is 0.102. The molecule has 0 saturated heterocycles. The zero-order valence-electron chi connectivity index (χ0n) is 14.7. The summed E-state index contributed by atoms with van der Waals surface area (Å²) >= 11 is 0. The second-order valence-corrected chi connectivity index (χ2v) is 6.13. The molecule has 0 saturated carbocycles. The minimum atomic E-state index is -0.645. The lowest BCUT2D eigenvalue weighted by atomic mass is 10.1. The van der Waals surface area contributed by atoms with E-state index in [-0.39, 0.29) is 5.91 Å². The Morgan fingerprint density at radius 3 is 2.21 bits per heavy atom. The predicted octanol–water partition coefficient (Wildman–Crippen LogP) is 4.24. The highest BCUT2D eigenvalue weighted by molar-refractivity contribution is 6.07. The molecule has 0 spiro atoms. The third-order valence-corrected chi connectivity index (χ3v) is 4.18. The number of hydrogen-bond acceptors (Lipinski definition) is 4. The molecule has 4 aromatic rings. The van der Waals surface area contributed by atoms with E-state index in [1.54, 1.807) is 42.5 Å². The minimum Gasteiger partial charge on any atom is -0.355 e. The second kappa shape index (κ2) is 7.24. The summed E-state index contributed by atoms with van der Waals surface area (Å²) in [7, 11) is 0. The van der Waals surface area contributed by atoms with E-state index in [0.29, 0.717) is 28.2 Å². The van der Waals surface area contributed by atoms with Crippen LogP contribution in [0.2, 0.25) is 0 Å². The smallest absolute Gasteiger partial charge is 0.316 e. The van der Waals surface area contributed by atoms with Crippen LogP contribution < -0.4 is 16.4 Å². The number of urea groups is 1. The van der Waals surface area contributed by atoms with Crippen LogP contribution in [-0.4, -0.2) is 17.1 Å². The van der Waals surface area contributed by atoms with E-state index in [0.717, 1.165) is 10.9 Å². The maximum absolute atomic E-state index is 12.6. The topological polar surface area (TPSA) is 110 Å². The van der Waals surface area contributed by atoms with Crippen LogP contribution in [0.15, 0.2) is 77.3 Å². The molecule has 1 heterocycles. The third kappa shape index (κ3) is 3.54. The van der Waals surface area contributed by atoms with Crippen molar-refractivity contribution in [2.45, 2.75) is 0 Å². The molecule has 3 amide bonds. The van der Waals surface area contributed by atoms with Gasteiger partial charge in [-0.3, -0.25) is 4.79 Å². The Bertz CT molecular complexity index is 1150. The van der Waals surface area contributed by atoms with Crippen LogP contribution in [0.4, 0.5) is 16.2 Å². The monoisotopic (exact) mass is 372 g/mol. The molecule has 0 radical (unpaired) electrons. The van der Waals surface area contributed by atoms with Crippen LogP contribution in [0.1, 0.15) is 10.4 Å². The molecule has 7 nitrogen and oxygen atoms in total. The molecule has 0 fully saturated rings. The largest absolute Gasteiger partial charge is 0.355 e. The van der Waals surface area contributed by atoms with Crippen molar-refractivity contribution < 1.29 is 14.1 Å². The van der Waals surface area contributed by atoms with Gasteiger partial charge in [0.05, 0.1) is 5.39 Å². The van der Waals surface area contributed by atoms with E-state index in [9.17, 15) is 9.59 Å². The fraction of sp³-hybridized carbons (Fsp3) is 0. The third-order valence-electron chi connectivity index (χ3n) is 4.18. The molecule has 4 N–H and O–H groups in total. The SMILES string of the molecule is NC(=O)Nc1ccc(NC(=O)c2ccc3noc(-c4ccccc4)c3c2)cc1. The van der Waals surface area contributed by atoms with Crippen LogP contribution in [-0.2, 0) is 0 Å². The van der Waals surface area contributed by atoms with E-state index in [1.807, 2.05) is 30.3 Å². The summed E-state index contributed by atoms with van der Waals surface area (Å²) in [6.45, 7) is 0. The molecule has 0 bridgehead atoms. The molecular weight excluding hydrogens is 356 g/mol. The van der Waals surface area contributed by atoms with Gasteiger partial charge in [0.25, 0.3) is 5.91 Å². The van der Waals surface area contributed by atoms with Crippen LogP contribution >= 0.6 is 0 Å². The van der Waals surface area contributed by atoms with Crippen LogP contribution in [0.25, 0.3) is 22.2 Å². The van der Waals surface area contributed by atoms with Gasteiger partial charge in [0.1, 0.15) is 5.52 Å². The molecule has 0 aliphatic rings. The highest BCUT2D eigenvalue weighted by Crippen LogP contribution is 2.29. The number of nitrogens with zero attached hydrogens (tertiary/aromatic N) is 1. The lowest BCUT2D eigenvalue weighted by Gasteiger charge is -2.07. The molecule has 28 heavy (non-hydrogen) atoms. The number of amides is 3. The van der Waals surface area contributed by atoms with Crippen molar-refractivity contribution in [2.24, 2.45) is 5.73 Å². The Balaban J connectivity index is 1.58. The number of primary amides is 1. The van der Waals surface area contributed by atoms with Crippen molar-refractivity contribution in [3.8, 4) is 11.3 Å². The van der Waals surface area contributed by atoms with E-state index in [2.05, 4.69) is 15.8 Å². The number of hydrogen-bond donors (Lipinski definition) is 3. The quantitative estimate of drug-likeness (QED) is 0.497. The molecule has 3 aromatic carbocycles. The van der Waals surface area contributed by atoms with Gasteiger partial charge in [0.15, 0.2) is 5.76 Å². The molecule has 0 unspecified atom stereocenters. The van der Waals surface area contributed by atoms with E-state index >= 15 is 0 Å². The average molecular weight is 372 g/mol. The standard InChI is InChI=1S/C21H16N4O3/c22-21(27)24-16-9-7-15(8-10-16)23-20(26)14-6-11-18-17(12-14)19(28-25-18)13-4-2-1-3-5-13/h1-12H,(H,23,26)(H3,22,24,27).